The Kier molecular flexibility index (Phi) is 8.39. The number of carboxylic acids is 1. The van der Waals surface area contributed by atoms with Gasteiger partial charge in [0.1, 0.15) is 0 Å². The Morgan fingerprint density at radius 3 is 2.44 bits per heavy atom. The van der Waals surface area contributed by atoms with E-state index in [2.05, 4.69) is 34.6 Å². The zero-order valence-corrected chi connectivity index (χ0v) is 22.5. The van der Waals surface area contributed by atoms with E-state index in [-0.39, 0.29) is 17.9 Å². The lowest BCUT2D eigenvalue weighted by molar-refractivity contribution is -0.139. The van der Waals surface area contributed by atoms with Gasteiger partial charge in [-0.15, -0.1) is 0 Å². The molecule has 4 rings (SSSR count). The van der Waals surface area contributed by atoms with E-state index in [1.54, 1.807) is 6.07 Å². The first-order chi connectivity index (χ1) is 17.3. The van der Waals surface area contributed by atoms with Crippen LogP contribution in [0.1, 0.15) is 48.2 Å². The number of carbonyl (C=O) groups is 1. The van der Waals surface area contributed by atoms with Crippen molar-refractivity contribution < 1.29 is 24.1 Å². The summed E-state index contributed by atoms with van der Waals surface area (Å²) in [5, 5.41) is 9.97. The lowest BCUT2D eigenvalue weighted by Crippen LogP contribution is -2.32. The Morgan fingerprint density at radius 2 is 1.81 bits per heavy atom. The first kappa shape index (κ1) is 26.3. The summed E-state index contributed by atoms with van der Waals surface area (Å²) < 4.78 is 19.0. The minimum absolute atomic E-state index is 0.0171. The van der Waals surface area contributed by atoms with Crippen molar-refractivity contribution in [2.75, 3.05) is 13.7 Å². The molecule has 0 aromatic heterocycles. The number of hydrogen-bond donors (Lipinski definition) is 1. The highest BCUT2D eigenvalue weighted by molar-refractivity contribution is 9.10. The highest BCUT2D eigenvalue weighted by Crippen LogP contribution is 2.55. The molecule has 3 aromatic carbocycles. The Morgan fingerprint density at radius 1 is 1.11 bits per heavy atom. The molecular formula is C29H28BrClO5. The van der Waals surface area contributed by atoms with Gasteiger partial charge in [-0.3, -0.25) is 0 Å². The number of carboxylic acid groups (broad SMARTS) is 1. The van der Waals surface area contributed by atoms with Crippen molar-refractivity contribution >= 4 is 33.5 Å². The van der Waals surface area contributed by atoms with Gasteiger partial charge in [-0.2, -0.15) is 0 Å². The predicted octanol–water partition coefficient (Wildman–Crippen LogP) is 7.75. The zero-order valence-electron chi connectivity index (χ0n) is 20.1. The first-order valence-corrected chi connectivity index (χ1v) is 12.8. The van der Waals surface area contributed by atoms with Crippen LogP contribution in [-0.2, 0) is 9.53 Å². The predicted molar refractivity (Wildman–Crippen MR) is 144 cm³/mol. The topological polar surface area (TPSA) is 65.0 Å². The second kappa shape index (κ2) is 11.5. The molecule has 4 atom stereocenters. The van der Waals surface area contributed by atoms with E-state index >= 15 is 0 Å². The zero-order chi connectivity index (χ0) is 25.8. The van der Waals surface area contributed by atoms with E-state index in [4.69, 9.17) is 25.8 Å². The summed E-state index contributed by atoms with van der Waals surface area (Å²) in [6.07, 6.45) is -0.0260. The molecule has 1 fully saturated rings. The quantitative estimate of drug-likeness (QED) is 0.280. The summed E-state index contributed by atoms with van der Waals surface area (Å²) in [7, 11) is 1.53. The molecule has 0 unspecified atom stereocenters. The molecule has 0 radical (unpaired) electrons. The standard InChI is InChI=1S/C29H28BrClO5/c1-17(2)21-15-22(20-11-7-8-12-24(20)31)27(18-9-5-4-6-10-18)36-28(21)23-13-19(30)14-25(34-3)29(23)35-16-26(32)33/h4-14,21-22,27-28H,1,15-16H2,2-3H3,(H,32,33)/t21-,22-,27+,28+/m1/s1. The third-order valence-corrected chi connectivity index (χ3v) is 7.31. The largest absolute Gasteiger partial charge is 0.493 e. The lowest BCUT2D eigenvalue weighted by atomic mass is 9.74. The fraction of sp³-hybridized carbons (Fsp3) is 0.276. The molecule has 188 valence electrons. The van der Waals surface area contributed by atoms with Crippen LogP contribution in [0.25, 0.3) is 0 Å². The number of aliphatic carboxylic acids is 1. The van der Waals surface area contributed by atoms with Crippen molar-refractivity contribution in [2.45, 2.75) is 31.5 Å². The van der Waals surface area contributed by atoms with E-state index in [1.165, 1.54) is 7.11 Å². The second-order valence-electron chi connectivity index (χ2n) is 8.91. The molecular weight excluding hydrogens is 544 g/mol. The van der Waals surface area contributed by atoms with Gasteiger partial charge in [-0.1, -0.05) is 88.2 Å². The van der Waals surface area contributed by atoms with Crippen LogP contribution in [-0.4, -0.2) is 24.8 Å². The number of rotatable bonds is 8. The van der Waals surface area contributed by atoms with E-state index in [0.29, 0.717) is 22.1 Å². The van der Waals surface area contributed by atoms with Gasteiger partial charge in [-0.25, -0.2) is 4.79 Å². The summed E-state index contributed by atoms with van der Waals surface area (Å²) in [4.78, 5) is 11.3. The van der Waals surface area contributed by atoms with Crippen molar-refractivity contribution in [3.05, 3.63) is 105 Å². The molecule has 7 heteroatoms. The van der Waals surface area contributed by atoms with Crippen molar-refractivity contribution in [3.8, 4) is 11.5 Å². The van der Waals surface area contributed by atoms with Gasteiger partial charge in [0, 0.05) is 26.9 Å². The van der Waals surface area contributed by atoms with Crippen molar-refractivity contribution in [1.29, 1.82) is 0 Å². The first-order valence-electron chi connectivity index (χ1n) is 11.6. The second-order valence-corrected chi connectivity index (χ2v) is 10.2. The van der Waals surface area contributed by atoms with Crippen LogP contribution < -0.4 is 9.47 Å². The number of halogens is 2. The van der Waals surface area contributed by atoms with Gasteiger partial charge in [0.2, 0.25) is 0 Å². The van der Waals surface area contributed by atoms with Crippen molar-refractivity contribution in [3.63, 3.8) is 0 Å². The third kappa shape index (κ3) is 5.61. The van der Waals surface area contributed by atoms with Gasteiger partial charge >= 0.3 is 5.97 Å². The SMILES string of the molecule is C=C(C)[C@H]1C[C@H](c2ccccc2Cl)[C@H](c2ccccc2)O[C@@H]1c1cc(Br)cc(OC)c1OCC(=O)O. The lowest BCUT2D eigenvalue weighted by Gasteiger charge is -2.43. The van der Waals surface area contributed by atoms with Crippen LogP contribution in [0.15, 0.2) is 83.4 Å². The highest BCUT2D eigenvalue weighted by atomic mass is 79.9. The van der Waals surface area contributed by atoms with Crippen LogP contribution in [0.2, 0.25) is 5.02 Å². The summed E-state index contributed by atoms with van der Waals surface area (Å²) >= 11 is 10.2. The minimum atomic E-state index is -1.08. The van der Waals surface area contributed by atoms with E-state index in [1.807, 2.05) is 55.5 Å². The fourth-order valence-corrected chi connectivity index (χ4v) is 5.61. The van der Waals surface area contributed by atoms with Gasteiger partial charge in [0.05, 0.1) is 19.3 Å². The minimum Gasteiger partial charge on any atom is -0.493 e. The summed E-state index contributed by atoms with van der Waals surface area (Å²) in [6, 6.07) is 21.6. The molecule has 36 heavy (non-hydrogen) atoms. The monoisotopic (exact) mass is 570 g/mol. The van der Waals surface area contributed by atoms with E-state index in [9.17, 15) is 9.90 Å². The van der Waals surface area contributed by atoms with Gasteiger partial charge < -0.3 is 19.3 Å². The molecule has 1 aliphatic heterocycles. The van der Waals surface area contributed by atoms with Crippen molar-refractivity contribution in [1.82, 2.24) is 0 Å². The third-order valence-electron chi connectivity index (χ3n) is 6.51. The molecule has 1 aliphatic rings. The Bertz CT molecular complexity index is 1250. The van der Waals surface area contributed by atoms with Gasteiger partial charge in [-0.05, 0) is 42.7 Å². The Hall–Kier alpha value is -2.80. The summed E-state index contributed by atoms with van der Waals surface area (Å²) in [5.74, 6) is -0.404. The number of benzene rings is 3. The van der Waals surface area contributed by atoms with E-state index < -0.39 is 18.7 Å². The van der Waals surface area contributed by atoms with Crippen LogP contribution in [0.3, 0.4) is 0 Å². The molecule has 0 amide bonds. The van der Waals surface area contributed by atoms with Crippen LogP contribution in [0, 0.1) is 5.92 Å². The molecule has 0 bridgehead atoms. The van der Waals surface area contributed by atoms with Gasteiger partial charge in [0.25, 0.3) is 0 Å². The van der Waals surface area contributed by atoms with Crippen LogP contribution in [0.4, 0.5) is 0 Å². The highest BCUT2D eigenvalue weighted by Gasteiger charge is 2.42. The number of hydrogen-bond acceptors (Lipinski definition) is 4. The molecule has 0 aliphatic carbocycles. The van der Waals surface area contributed by atoms with E-state index in [0.717, 1.165) is 27.6 Å². The molecule has 1 N–H and O–H groups in total. The average molecular weight is 572 g/mol. The van der Waals surface area contributed by atoms with Gasteiger partial charge in [0.15, 0.2) is 18.1 Å². The molecule has 0 spiro atoms. The Balaban J connectivity index is 1.86. The molecule has 1 saturated heterocycles. The number of methoxy groups -OCH3 is 1. The smallest absolute Gasteiger partial charge is 0.341 e. The normalized spacial score (nSPS) is 21.6. The maximum Gasteiger partial charge on any atom is 0.341 e. The van der Waals surface area contributed by atoms with Crippen LogP contribution >= 0.6 is 27.5 Å². The summed E-state index contributed by atoms with van der Waals surface area (Å²) in [6.45, 7) is 5.77. The summed E-state index contributed by atoms with van der Waals surface area (Å²) in [5.41, 5.74) is 3.70. The fourth-order valence-electron chi connectivity index (χ4n) is 4.88. The molecule has 3 aromatic rings. The number of ether oxygens (including phenoxy) is 3. The van der Waals surface area contributed by atoms with Crippen LogP contribution in [0.5, 0.6) is 11.5 Å². The van der Waals surface area contributed by atoms with Crippen molar-refractivity contribution in [2.24, 2.45) is 5.92 Å². The molecule has 0 saturated carbocycles. The Labute approximate surface area is 224 Å². The maximum atomic E-state index is 11.3. The molecule has 5 nitrogen and oxygen atoms in total. The molecule has 1 heterocycles. The average Bonchev–Trinajstić information content (AvgIpc) is 2.87. The maximum absolute atomic E-state index is 11.3.